The van der Waals surface area contributed by atoms with Crippen LogP contribution in [0.4, 0.5) is 0 Å². The minimum Gasteiger partial charge on any atom is -0.479 e. The van der Waals surface area contributed by atoms with Crippen molar-refractivity contribution >= 4 is 13.8 Å². The van der Waals surface area contributed by atoms with Crippen molar-refractivity contribution in [3.8, 4) is 0 Å². The molecule has 0 amide bonds. The average Bonchev–Trinajstić information content (AvgIpc) is 2.05. The maximum absolute atomic E-state index is 11.6. The molecule has 114 valence electrons. The normalized spacial score (nSPS) is 17.8. The molecule has 0 aliphatic carbocycles. The monoisotopic (exact) mass is 298 g/mol. The highest BCUT2D eigenvalue weighted by atomic mass is 31.2. The van der Waals surface area contributed by atoms with Gasteiger partial charge in [0.1, 0.15) is 0 Å². The summed E-state index contributed by atoms with van der Waals surface area (Å²) in [6.45, 7) is 9.20. The van der Waals surface area contributed by atoms with Gasteiger partial charge in [-0.3, -0.25) is 9.05 Å². The van der Waals surface area contributed by atoms with Crippen LogP contribution in [0, 0.1) is 0 Å². The average molecular weight is 298 g/mol. The minimum absolute atomic E-state index is 0.573. The molecule has 2 N–H and O–H groups in total. The molecule has 0 saturated heterocycles. The van der Waals surface area contributed by atoms with Crippen molar-refractivity contribution in [3.05, 3.63) is 0 Å². The molecule has 0 aromatic rings. The third kappa shape index (κ3) is 10.0. The van der Waals surface area contributed by atoms with E-state index in [2.05, 4.69) is 4.52 Å². The molecule has 8 heteroatoms. The van der Waals surface area contributed by atoms with Gasteiger partial charge in [0.15, 0.2) is 6.10 Å². The van der Waals surface area contributed by atoms with E-state index in [4.69, 9.17) is 14.4 Å². The van der Waals surface area contributed by atoms with E-state index in [9.17, 15) is 14.3 Å². The van der Waals surface area contributed by atoms with E-state index in [0.29, 0.717) is 0 Å². The first-order valence-corrected chi connectivity index (χ1v) is 7.30. The van der Waals surface area contributed by atoms with Crippen LogP contribution in [0.1, 0.15) is 41.5 Å². The van der Waals surface area contributed by atoms with Gasteiger partial charge in [0.05, 0.1) is 17.8 Å². The lowest BCUT2D eigenvalue weighted by atomic mass is 10.2. The van der Waals surface area contributed by atoms with Crippen LogP contribution in [0.15, 0.2) is 0 Å². The number of hydrogen-bond acceptors (Lipinski definition) is 5. The predicted octanol–water partition coefficient (Wildman–Crippen LogP) is 2.19. The largest absolute Gasteiger partial charge is 0.479 e. The van der Waals surface area contributed by atoms with Crippen molar-refractivity contribution < 1.29 is 33.1 Å². The SMILES string of the molecule is CC(C)(C)O[C@H](COP(=O)(O)OC(C)(C)C)C(=O)O. The summed E-state index contributed by atoms with van der Waals surface area (Å²) in [6, 6.07) is 0. The Balaban J connectivity index is 4.56. The van der Waals surface area contributed by atoms with Gasteiger partial charge in [-0.05, 0) is 41.5 Å². The van der Waals surface area contributed by atoms with Crippen molar-refractivity contribution in [1.29, 1.82) is 0 Å². The fourth-order valence-electron chi connectivity index (χ4n) is 1.12. The van der Waals surface area contributed by atoms with Crippen LogP contribution in [0.25, 0.3) is 0 Å². The number of aliphatic carboxylic acids is 1. The molecule has 1 unspecified atom stereocenters. The Labute approximate surface area is 113 Å². The molecule has 2 atom stereocenters. The van der Waals surface area contributed by atoms with E-state index in [1.807, 2.05) is 0 Å². The van der Waals surface area contributed by atoms with Crippen molar-refractivity contribution in [1.82, 2.24) is 0 Å². The van der Waals surface area contributed by atoms with Crippen LogP contribution in [0.3, 0.4) is 0 Å². The fourth-order valence-corrected chi connectivity index (χ4v) is 2.19. The Hall–Kier alpha value is -0.460. The summed E-state index contributed by atoms with van der Waals surface area (Å²) in [7, 11) is -4.32. The van der Waals surface area contributed by atoms with Crippen molar-refractivity contribution in [2.24, 2.45) is 0 Å². The van der Waals surface area contributed by atoms with Crippen LogP contribution >= 0.6 is 7.82 Å². The molecule has 19 heavy (non-hydrogen) atoms. The van der Waals surface area contributed by atoms with Gasteiger partial charge < -0.3 is 14.7 Å². The molecule has 0 radical (unpaired) electrons. The lowest BCUT2D eigenvalue weighted by molar-refractivity contribution is -0.163. The summed E-state index contributed by atoms with van der Waals surface area (Å²) in [5.74, 6) is -1.27. The van der Waals surface area contributed by atoms with Crippen molar-refractivity contribution in [3.63, 3.8) is 0 Å². The molecule has 0 spiro atoms. The molecule has 0 aromatic heterocycles. The summed E-state index contributed by atoms with van der Waals surface area (Å²) in [6.07, 6.45) is -1.34. The van der Waals surface area contributed by atoms with Crippen LogP contribution in [0.2, 0.25) is 0 Å². The van der Waals surface area contributed by atoms with E-state index in [0.717, 1.165) is 0 Å². The molecule has 7 nitrogen and oxygen atoms in total. The molecule has 0 aromatic carbocycles. The van der Waals surface area contributed by atoms with Gasteiger partial charge in [-0.2, -0.15) is 0 Å². The van der Waals surface area contributed by atoms with Crippen molar-refractivity contribution in [2.45, 2.75) is 58.8 Å². The summed E-state index contributed by atoms with van der Waals surface area (Å²) in [5, 5.41) is 8.95. The third-order valence-electron chi connectivity index (χ3n) is 1.55. The molecular formula is C11H23O7P. The molecule has 0 aliphatic rings. The number of rotatable bonds is 6. The van der Waals surface area contributed by atoms with Gasteiger partial charge in [0.2, 0.25) is 0 Å². The first-order chi connectivity index (χ1) is 8.22. The van der Waals surface area contributed by atoms with E-state index in [-0.39, 0.29) is 0 Å². The second-order valence-corrected chi connectivity index (χ2v) is 7.40. The topological polar surface area (TPSA) is 102 Å². The van der Waals surface area contributed by atoms with Crippen LogP contribution in [0.5, 0.6) is 0 Å². The Morgan fingerprint density at radius 2 is 1.63 bits per heavy atom. The predicted molar refractivity (Wildman–Crippen MR) is 68.9 cm³/mol. The van der Waals surface area contributed by atoms with E-state index in [1.165, 1.54) is 0 Å². The standard InChI is InChI=1S/C11H23O7P/c1-10(2,3)17-8(9(12)13)7-16-19(14,15)18-11(4,5)6/h8H,7H2,1-6H3,(H,12,13)(H,14,15)/t8-/m1/s1. The number of carboxylic acid groups (broad SMARTS) is 1. The fraction of sp³-hybridized carbons (Fsp3) is 0.909. The van der Waals surface area contributed by atoms with Crippen LogP contribution in [-0.4, -0.2) is 39.9 Å². The Bertz CT molecular complexity index is 353. The quantitative estimate of drug-likeness (QED) is 0.724. The van der Waals surface area contributed by atoms with Gasteiger partial charge in [0, 0.05) is 0 Å². The smallest absolute Gasteiger partial charge is 0.472 e. The molecule has 0 rings (SSSR count). The highest BCUT2D eigenvalue weighted by molar-refractivity contribution is 7.47. The number of phosphoric ester groups is 1. The van der Waals surface area contributed by atoms with Gasteiger partial charge >= 0.3 is 13.8 Å². The number of carboxylic acids is 1. The minimum atomic E-state index is -4.32. The maximum atomic E-state index is 11.6. The van der Waals surface area contributed by atoms with Gasteiger partial charge in [-0.25, -0.2) is 9.36 Å². The summed E-state index contributed by atoms with van der Waals surface area (Å²) < 4.78 is 26.3. The van der Waals surface area contributed by atoms with Crippen LogP contribution < -0.4 is 0 Å². The molecule has 0 saturated carbocycles. The Morgan fingerprint density at radius 1 is 1.16 bits per heavy atom. The van der Waals surface area contributed by atoms with E-state index < -0.39 is 37.7 Å². The van der Waals surface area contributed by atoms with Gasteiger partial charge in [-0.1, -0.05) is 0 Å². The summed E-state index contributed by atoms with van der Waals surface area (Å²) >= 11 is 0. The second-order valence-electron chi connectivity index (χ2n) is 6.03. The zero-order valence-corrected chi connectivity index (χ0v) is 13.1. The highest BCUT2D eigenvalue weighted by Crippen LogP contribution is 2.47. The zero-order valence-electron chi connectivity index (χ0n) is 12.2. The number of carbonyl (C=O) groups is 1. The first-order valence-electron chi connectivity index (χ1n) is 5.81. The van der Waals surface area contributed by atoms with Crippen molar-refractivity contribution in [2.75, 3.05) is 6.61 Å². The number of hydrogen-bond donors (Lipinski definition) is 2. The van der Waals surface area contributed by atoms with Gasteiger partial charge in [0.25, 0.3) is 0 Å². The lowest BCUT2D eigenvalue weighted by Crippen LogP contribution is -2.36. The molecule has 0 aliphatic heterocycles. The second kappa shape index (κ2) is 6.33. The maximum Gasteiger partial charge on any atom is 0.472 e. The molecular weight excluding hydrogens is 275 g/mol. The number of phosphoric acid groups is 1. The first kappa shape index (κ1) is 18.5. The lowest BCUT2D eigenvalue weighted by Gasteiger charge is -2.27. The Morgan fingerprint density at radius 3 is 1.95 bits per heavy atom. The van der Waals surface area contributed by atoms with Crippen LogP contribution in [-0.2, 0) is 23.1 Å². The van der Waals surface area contributed by atoms with E-state index >= 15 is 0 Å². The molecule has 0 heterocycles. The summed E-state index contributed by atoms with van der Waals surface area (Å²) in [4.78, 5) is 20.4. The van der Waals surface area contributed by atoms with E-state index in [1.54, 1.807) is 41.5 Å². The summed E-state index contributed by atoms with van der Waals surface area (Å²) in [5.41, 5.74) is -1.59. The van der Waals surface area contributed by atoms with Gasteiger partial charge in [-0.15, -0.1) is 0 Å². The number of ether oxygens (including phenoxy) is 1. The molecule has 0 bridgehead atoms. The molecule has 0 fully saturated rings. The third-order valence-corrected chi connectivity index (χ3v) is 2.80. The zero-order chi connectivity index (χ0) is 15.5. The highest BCUT2D eigenvalue weighted by Gasteiger charge is 2.33. The Kier molecular flexibility index (Phi) is 6.17.